The second-order valence-corrected chi connectivity index (χ2v) is 7.14. The lowest BCUT2D eigenvalue weighted by molar-refractivity contribution is 0.0817. The molecule has 3 nitrogen and oxygen atoms in total. The molecule has 2 rings (SSSR count). The molecule has 0 spiro atoms. The van der Waals surface area contributed by atoms with Crippen molar-refractivity contribution < 1.29 is 0 Å². The summed E-state index contributed by atoms with van der Waals surface area (Å²) in [5.74, 6) is 0.953. The summed E-state index contributed by atoms with van der Waals surface area (Å²) in [5.41, 5.74) is -0.251. The third kappa shape index (κ3) is 4.44. The lowest BCUT2D eigenvalue weighted by atomic mass is 9.78. The van der Waals surface area contributed by atoms with Gasteiger partial charge in [0.05, 0.1) is 6.07 Å². The Morgan fingerprint density at radius 3 is 2.57 bits per heavy atom. The zero-order valence-corrected chi connectivity index (χ0v) is 14.0. The molecule has 21 heavy (non-hydrogen) atoms. The summed E-state index contributed by atoms with van der Waals surface area (Å²) in [4.78, 5) is 2.69. The molecule has 2 aliphatic rings. The summed E-state index contributed by atoms with van der Waals surface area (Å²) in [6.07, 6.45) is 11.1. The number of nitrogens with zero attached hydrogens (tertiary/aromatic N) is 2. The van der Waals surface area contributed by atoms with E-state index in [2.05, 4.69) is 30.1 Å². The van der Waals surface area contributed by atoms with Gasteiger partial charge in [-0.15, -0.1) is 0 Å². The first-order valence-electron chi connectivity index (χ1n) is 9.13. The fraction of sp³-hybridized carbons (Fsp3) is 0.944. The van der Waals surface area contributed by atoms with Crippen LogP contribution in [0.1, 0.15) is 71.6 Å². The molecule has 120 valence electrons. The molecule has 1 aliphatic carbocycles. The van der Waals surface area contributed by atoms with E-state index in [-0.39, 0.29) is 5.54 Å². The van der Waals surface area contributed by atoms with E-state index in [0.29, 0.717) is 6.04 Å². The van der Waals surface area contributed by atoms with Crippen LogP contribution >= 0.6 is 0 Å². The van der Waals surface area contributed by atoms with Crippen molar-refractivity contribution >= 4 is 0 Å². The highest BCUT2D eigenvalue weighted by atomic mass is 15.2. The molecule has 2 atom stereocenters. The lowest BCUT2D eigenvalue weighted by Gasteiger charge is -2.44. The summed E-state index contributed by atoms with van der Waals surface area (Å²) in [5, 5.41) is 13.2. The predicted molar refractivity (Wildman–Crippen MR) is 88.1 cm³/mol. The van der Waals surface area contributed by atoms with E-state index in [1.165, 1.54) is 51.6 Å². The van der Waals surface area contributed by atoms with Crippen LogP contribution in [0.4, 0.5) is 0 Å². The van der Waals surface area contributed by atoms with Gasteiger partial charge < -0.3 is 4.90 Å². The van der Waals surface area contributed by atoms with E-state index < -0.39 is 0 Å². The fourth-order valence-electron chi connectivity index (χ4n) is 4.24. The Morgan fingerprint density at radius 2 is 1.95 bits per heavy atom. The van der Waals surface area contributed by atoms with Crippen LogP contribution in [0.15, 0.2) is 0 Å². The van der Waals surface area contributed by atoms with E-state index in [0.717, 1.165) is 31.7 Å². The van der Waals surface area contributed by atoms with Crippen molar-refractivity contribution in [3.05, 3.63) is 0 Å². The van der Waals surface area contributed by atoms with Crippen molar-refractivity contribution in [3.63, 3.8) is 0 Å². The summed E-state index contributed by atoms with van der Waals surface area (Å²) in [6.45, 7) is 7.96. The number of hydrogen-bond acceptors (Lipinski definition) is 3. The quantitative estimate of drug-likeness (QED) is 0.811. The zero-order valence-electron chi connectivity index (χ0n) is 14.0. The fourth-order valence-corrected chi connectivity index (χ4v) is 4.24. The summed E-state index contributed by atoms with van der Waals surface area (Å²) < 4.78 is 0. The van der Waals surface area contributed by atoms with Crippen molar-refractivity contribution in [1.82, 2.24) is 10.2 Å². The van der Waals surface area contributed by atoms with Gasteiger partial charge in [-0.1, -0.05) is 26.7 Å². The third-order valence-electron chi connectivity index (χ3n) is 5.51. The molecule has 2 unspecified atom stereocenters. The van der Waals surface area contributed by atoms with Gasteiger partial charge >= 0.3 is 0 Å². The second-order valence-electron chi connectivity index (χ2n) is 7.14. The predicted octanol–water partition coefficient (Wildman–Crippen LogP) is 3.70. The Labute approximate surface area is 131 Å². The first-order chi connectivity index (χ1) is 10.2. The molecular formula is C18H33N3. The van der Waals surface area contributed by atoms with Crippen LogP contribution < -0.4 is 5.32 Å². The average molecular weight is 291 g/mol. The maximum atomic E-state index is 9.67. The number of rotatable bonds is 6. The smallest absolute Gasteiger partial charge is 0.108 e. The van der Waals surface area contributed by atoms with Crippen molar-refractivity contribution in [2.45, 2.75) is 83.2 Å². The van der Waals surface area contributed by atoms with Crippen LogP contribution in [0, 0.1) is 17.2 Å². The number of likely N-dealkylation sites (tertiary alicyclic amines) is 1. The standard InChI is InChI=1S/C18H33N3/c1-3-6-16-8-12-21(13-9-16)17-7-5-10-18(14-17,15-19)20-11-4-2/h16-17,20H,3-14H2,1-2H3. The molecule has 3 heteroatoms. The van der Waals surface area contributed by atoms with Crippen LogP contribution in [0.2, 0.25) is 0 Å². The largest absolute Gasteiger partial charge is 0.300 e. The third-order valence-corrected chi connectivity index (χ3v) is 5.51. The van der Waals surface area contributed by atoms with Gasteiger partial charge in [0.2, 0.25) is 0 Å². The molecule has 0 radical (unpaired) electrons. The van der Waals surface area contributed by atoms with Crippen molar-refractivity contribution in [2.75, 3.05) is 19.6 Å². The number of nitrogens with one attached hydrogen (secondary N) is 1. The van der Waals surface area contributed by atoms with E-state index >= 15 is 0 Å². The summed E-state index contributed by atoms with van der Waals surface area (Å²) in [7, 11) is 0. The Morgan fingerprint density at radius 1 is 1.19 bits per heavy atom. The van der Waals surface area contributed by atoms with Gasteiger partial charge in [-0.25, -0.2) is 0 Å². The molecule has 1 saturated heterocycles. The van der Waals surface area contributed by atoms with Crippen molar-refractivity contribution in [2.24, 2.45) is 5.92 Å². The molecule has 0 amide bonds. The van der Waals surface area contributed by atoms with E-state index in [1.807, 2.05) is 0 Å². The minimum absolute atomic E-state index is 0.251. The Hall–Kier alpha value is -0.590. The first kappa shape index (κ1) is 16.8. The van der Waals surface area contributed by atoms with Crippen LogP contribution in [0.3, 0.4) is 0 Å². The molecule has 0 aromatic carbocycles. The Bertz CT molecular complexity index is 341. The van der Waals surface area contributed by atoms with Crippen LogP contribution in [0.5, 0.6) is 0 Å². The van der Waals surface area contributed by atoms with Gasteiger partial charge in [-0.05, 0) is 70.5 Å². The van der Waals surface area contributed by atoms with Gasteiger partial charge in [0.15, 0.2) is 0 Å². The number of piperidine rings is 1. The molecule has 2 fully saturated rings. The van der Waals surface area contributed by atoms with E-state index in [1.54, 1.807) is 0 Å². The summed E-state index contributed by atoms with van der Waals surface area (Å²) in [6, 6.07) is 3.24. The summed E-state index contributed by atoms with van der Waals surface area (Å²) >= 11 is 0. The number of nitriles is 1. The average Bonchev–Trinajstić information content (AvgIpc) is 2.54. The Balaban J connectivity index is 1.88. The van der Waals surface area contributed by atoms with Gasteiger partial charge in [-0.3, -0.25) is 5.32 Å². The topological polar surface area (TPSA) is 39.1 Å². The number of hydrogen-bond donors (Lipinski definition) is 1. The SMILES string of the molecule is CCCNC1(C#N)CCCC(N2CCC(CCC)CC2)C1. The molecule has 0 aromatic heterocycles. The first-order valence-corrected chi connectivity index (χ1v) is 9.13. The van der Waals surface area contributed by atoms with Gasteiger partial charge in [0, 0.05) is 6.04 Å². The molecule has 1 N–H and O–H groups in total. The molecular weight excluding hydrogens is 258 g/mol. The second kappa shape index (κ2) is 8.15. The Kier molecular flexibility index (Phi) is 6.51. The highest BCUT2D eigenvalue weighted by molar-refractivity contribution is 5.11. The molecule has 1 saturated carbocycles. The molecule has 1 heterocycles. The molecule has 1 aliphatic heterocycles. The minimum Gasteiger partial charge on any atom is -0.300 e. The maximum absolute atomic E-state index is 9.67. The highest BCUT2D eigenvalue weighted by Gasteiger charge is 2.38. The van der Waals surface area contributed by atoms with Crippen molar-refractivity contribution in [1.29, 1.82) is 5.26 Å². The lowest BCUT2D eigenvalue weighted by Crippen LogP contribution is -2.54. The van der Waals surface area contributed by atoms with E-state index in [4.69, 9.17) is 0 Å². The zero-order chi connectivity index (χ0) is 15.1. The highest BCUT2D eigenvalue weighted by Crippen LogP contribution is 2.33. The molecule has 0 bridgehead atoms. The van der Waals surface area contributed by atoms with E-state index in [9.17, 15) is 5.26 Å². The van der Waals surface area contributed by atoms with Crippen molar-refractivity contribution in [3.8, 4) is 6.07 Å². The van der Waals surface area contributed by atoms with Crippen LogP contribution in [0.25, 0.3) is 0 Å². The molecule has 0 aromatic rings. The van der Waals surface area contributed by atoms with Gasteiger partial charge in [0.25, 0.3) is 0 Å². The van der Waals surface area contributed by atoms with Gasteiger partial charge in [0.1, 0.15) is 5.54 Å². The minimum atomic E-state index is -0.251. The van der Waals surface area contributed by atoms with Crippen LogP contribution in [-0.2, 0) is 0 Å². The monoisotopic (exact) mass is 291 g/mol. The van der Waals surface area contributed by atoms with Gasteiger partial charge in [-0.2, -0.15) is 5.26 Å². The normalized spacial score (nSPS) is 32.0. The van der Waals surface area contributed by atoms with Crippen LogP contribution in [-0.4, -0.2) is 36.1 Å². The maximum Gasteiger partial charge on any atom is 0.108 e.